The molecular formula is C14H15NO2. The number of benzene rings is 1. The minimum absolute atomic E-state index is 0.117. The first-order valence-electron chi connectivity index (χ1n) is 5.88. The summed E-state index contributed by atoms with van der Waals surface area (Å²) in [5.74, 6) is -0.117. The van der Waals surface area contributed by atoms with Gasteiger partial charge < -0.3 is 0 Å². The zero-order valence-electron chi connectivity index (χ0n) is 9.85. The van der Waals surface area contributed by atoms with Gasteiger partial charge in [-0.25, -0.2) is 4.57 Å². The van der Waals surface area contributed by atoms with Gasteiger partial charge in [-0.2, -0.15) is 0 Å². The zero-order valence-corrected chi connectivity index (χ0v) is 9.85. The van der Waals surface area contributed by atoms with E-state index in [0.717, 1.165) is 18.2 Å². The fourth-order valence-corrected chi connectivity index (χ4v) is 1.88. The number of hydrogen-bond acceptors (Lipinski definition) is 2. The third kappa shape index (κ3) is 2.28. The number of rotatable bonds is 3. The molecule has 0 amide bonds. The fourth-order valence-electron chi connectivity index (χ4n) is 1.88. The van der Waals surface area contributed by atoms with E-state index < -0.39 is 0 Å². The summed E-state index contributed by atoms with van der Waals surface area (Å²) < 4.78 is 1.28. The Hall–Kier alpha value is -1.90. The fraction of sp³-hybridized carbons (Fsp3) is 0.286. The standard InChI is InChI=1S/C14H15NO2/c1-2-3-8-13(16)15-12-7-5-4-6-11(12)9-10-14(15)17/h4-7,9-10H,2-3,8H2,1H3. The Kier molecular flexibility index (Phi) is 3.38. The number of fused-ring (bicyclic) bond motifs is 1. The molecule has 1 aromatic carbocycles. The van der Waals surface area contributed by atoms with Crippen LogP contribution in [0.1, 0.15) is 31.0 Å². The predicted molar refractivity (Wildman–Crippen MR) is 68.4 cm³/mol. The van der Waals surface area contributed by atoms with Gasteiger partial charge in [0.2, 0.25) is 5.91 Å². The first-order chi connectivity index (χ1) is 8.24. The lowest BCUT2D eigenvalue weighted by Gasteiger charge is -2.07. The van der Waals surface area contributed by atoms with Crippen molar-refractivity contribution in [2.24, 2.45) is 0 Å². The third-order valence-corrected chi connectivity index (χ3v) is 2.80. The van der Waals surface area contributed by atoms with Gasteiger partial charge in [-0.1, -0.05) is 31.5 Å². The quantitative estimate of drug-likeness (QED) is 0.811. The average molecular weight is 229 g/mol. The lowest BCUT2D eigenvalue weighted by atomic mass is 10.2. The van der Waals surface area contributed by atoms with Gasteiger partial charge in [-0.3, -0.25) is 9.59 Å². The molecule has 0 aliphatic carbocycles. The van der Waals surface area contributed by atoms with Crippen LogP contribution in [0.15, 0.2) is 41.2 Å². The molecule has 1 aromatic heterocycles. The number of unbranched alkanes of at least 4 members (excludes halogenated alkanes) is 1. The summed E-state index contributed by atoms with van der Waals surface area (Å²) in [6, 6.07) is 10.6. The largest absolute Gasteiger partial charge is 0.274 e. The van der Waals surface area contributed by atoms with Gasteiger partial charge in [0.1, 0.15) is 0 Å². The van der Waals surface area contributed by atoms with Crippen molar-refractivity contribution in [2.45, 2.75) is 26.2 Å². The van der Waals surface area contributed by atoms with Crippen molar-refractivity contribution in [1.29, 1.82) is 0 Å². The Morgan fingerprint density at radius 1 is 1.18 bits per heavy atom. The molecule has 0 saturated heterocycles. The van der Waals surface area contributed by atoms with Crippen LogP contribution >= 0.6 is 0 Å². The Labute approximate surface area is 99.7 Å². The number of para-hydroxylation sites is 1. The second-order valence-electron chi connectivity index (χ2n) is 4.06. The van der Waals surface area contributed by atoms with E-state index in [1.54, 1.807) is 12.1 Å². The van der Waals surface area contributed by atoms with Crippen LogP contribution in [-0.4, -0.2) is 10.5 Å². The lowest BCUT2D eigenvalue weighted by molar-refractivity contribution is 0.0901. The molecule has 0 aliphatic rings. The van der Waals surface area contributed by atoms with Gasteiger partial charge in [0.05, 0.1) is 5.52 Å². The molecule has 2 rings (SSSR count). The van der Waals surface area contributed by atoms with E-state index in [2.05, 4.69) is 0 Å². The molecule has 0 spiro atoms. The highest BCUT2D eigenvalue weighted by molar-refractivity contribution is 5.91. The first-order valence-corrected chi connectivity index (χ1v) is 5.88. The highest BCUT2D eigenvalue weighted by Gasteiger charge is 2.09. The number of aromatic nitrogens is 1. The molecule has 0 unspecified atom stereocenters. The van der Waals surface area contributed by atoms with Crippen LogP contribution in [0, 0.1) is 0 Å². The number of pyridine rings is 1. The molecule has 2 aromatic rings. The topological polar surface area (TPSA) is 39.1 Å². The highest BCUT2D eigenvalue weighted by atomic mass is 16.2. The molecule has 0 aliphatic heterocycles. The second kappa shape index (κ2) is 4.95. The molecule has 0 bridgehead atoms. The number of hydrogen-bond donors (Lipinski definition) is 0. The maximum Gasteiger partial charge on any atom is 0.257 e. The summed E-state index contributed by atoms with van der Waals surface area (Å²) in [7, 11) is 0. The summed E-state index contributed by atoms with van der Waals surface area (Å²) in [5.41, 5.74) is 0.450. The minimum Gasteiger partial charge on any atom is -0.274 e. The van der Waals surface area contributed by atoms with Crippen molar-refractivity contribution in [1.82, 2.24) is 4.57 Å². The average Bonchev–Trinajstić information content (AvgIpc) is 2.35. The van der Waals surface area contributed by atoms with E-state index in [1.807, 2.05) is 25.1 Å². The van der Waals surface area contributed by atoms with Crippen molar-refractivity contribution < 1.29 is 4.79 Å². The van der Waals surface area contributed by atoms with Gasteiger partial charge in [0, 0.05) is 12.5 Å². The minimum atomic E-state index is -0.246. The van der Waals surface area contributed by atoms with Crippen molar-refractivity contribution >= 4 is 16.8 Å². The summed E-state index contributed by atoms with van der Waals surface area (Å²) in [5, 5.41) is 0.914. The molecular weight excluding hydrogens is 214 g/mol. The number of nitrogens with zero attached hydrogens (tertiary/aromatic N) is 1. The van der Waals surface area contributed by atoms with Crippen LogP contribution in [0.3, 0.4) is 0 Å². The van der Waals surface area contributed by atoms with Crippen molar-refractivity contribution in [3.63, 3.8) is 0 Å². The molecule has 88 valence electrons. The summed E-state index contributed by atoms with van der Waals surface area (Å²) in [6.45, 7) is 2.03. The molecule has 0 atom stereocenters. The smallest absolute Gasteiger partial charge is 0.257 e. The third-order valence-electron chi connectivity index (χ3n) is 2.80. The second-order valence-corrected chi connectivity index (χ2v) is 4.06. The van der Waals surface area contributed by atoms with Crippen LogP contribution in [0.25, 0.3) is 10.9 Å². The van der Waals surface area contributed by atoms with Crippen LogP contribution in [0.4, 0.5) is 0 Å². The van der Waals surface area contributed by atoms with Crippen molar-refractivity contribution in [2.75, 3.05) is 0 Å². The van der Waals surface area contributed by atoms with E-state index in [1.165, 1.54) is 10.6 Å². The Morgan fingerprint density at radius 2 is 1.94 bits per heavy atom. The van der Waals surface area contributed by atoms with E-state index in [0.29, 0.717) is 11.9 Å². The molecule has 17 heavy (non-hydrogen) atoms. The molecule has 0 fully saturated rings. The lowest BCUT2D eigenvalue weighted by Crippen LogP contribution is -2.26. The Balaban J connectivity index is 2.55. The van der Waals surface area contributed by atoms with Gasteiger partial charge in [-0.05, 0) is 23.9 Å². The molecule has 3 nitrogen and oxygen atoms in total. The van der Waals surface area contributed by atoms with E-state index in [4.69, 9.17) is 0 Å². The molecule has 1 heterocycles. The van der Waals surface area contributed by atoms with Crippen molar-refractivity contribution in [3.05, 3.63) is 46.8 Å². The summed E-state index contributed by atoms with van der Waals surface area (Å²) in [4.78, 5) is 23.8. The van der Waals surface area contributed by atoms with Gasteiger partial charge in [0.15, 0.2) is 0 Å². The maximum absolute atomic E-state index is 12.0. The van der Waals surface area contributed by atoms with Crippen LogP contribution < -0.4 is 5.56 Å². The Morgan fingerprint density at radius 3 is 2.71 bits per heavy atom. The SMILES string of the molecule is CCCCC(=O)n1c(=O)ccc2ccccc21. The first kappa shape index (κ1) is 11.6. The Bertz CT molecular complexity index is 598. The van der Waals surface area contributed by atoms with E-state index in [9.17, 15) is 9.59 Å². The number of carbonyl (C=O) groups is 1. The van der Waals surface area contributed by atoms with Crippen molar-refractivity contribution in [3.8, 4) is 0 Å². The summed E-state index contributed by atoms with van der Waals surface area (Å²) >= 11 is 0. The zero-order chi connectivity index (χ0) is 12.3. The molecule has 3 heteroatoms. The predicted octanol–water partition coefficient (Wildman–Crippen LogP) is 2.83. The number of carbonyl (C=O) groups excluding carboxylic acids is 1. The molecule has 0 N–H and O–H groups in total. The van der Waals surface area contributed by atoms with Crippen LogP contribution in [0.2, 0.25) is 0 Å². The van der Waals surface area contributed by atoms with Gasteiger partial charge in [-0.15, -0.1) is 0 Å². The highest BCUT2D eigenvalue weighted by Crippen LogP contribution is 2.11. The monoisotopic (exact) mass is 229 g/mol. The molecule has 0 radical (unpaired) electrons. The van der Waals surface area contributed by atoms with Gasteiger partial charge in [0.25, 0.3) is 5.56 Å². The summed E-state index contributed by atoms with van der Waals surface area (Å²) in [6.07, 6.45) is 2.18. The maximum atomic E-state index is 12.0. The molecule has 0 saturated carbocycles. The van der Waals surface area contributed by atoms with Crippen LogP contribution in [-0.2, 0) is 0 Å². The van der Waals surface area contributed by atoms with Crippen LogP contribution in [0.5, 0.6) is 0 Å². The normalized spacial score (nSPS) is 10.6. The van der Waals surface area contributed by atoms with E-state index >= 15 is 0 Å². The van der Waals surface area contributed by atoms with E-state index in [-0.39, 0.29) is 11.5 Å². The van der Waals surface area contributed by atoms with Gasteiger partial charge >= 0.3 is 0 Å².